The van der Waals surface area contributed by atoms with E-state index in [1.807, 2.05) is 97.9 Å². The number of thioether (sulfide) groups is 1. The number of para-hydroxylation sites is 2. The number of nitrogens with one attached hydrogen (secondary N) is 3. The second-order valence-electron chi connectivity index (χ2n) is 10.1. The Hall–Kier alpha value is -5.60. The number of ether oxygens (including phenoxy) is 1. The number of amides is 3. The normalized spacial score (nSPS) is 10.9. The van der Waals surface area contributed by atoms with Crippen molar-refractivity contribution in [2.45, 2.75) is 11.8 Å². The second kappa shape index (κ2) is 15.9. The first-order valence-electron chi connectivity index (χ1n) is 14.8. The number of anilines is 2. The minimum absolute atomic E-state index is 0.101. The Morgan fingerprint density at radius 3 is 2.02 bits per heavy atom. The maximum absolute atomic E-state index is 13.5. The summed E-state index contributed by atoms with van der Waals surface area (Å²) in [5, 5.41) is 8.54. The molecule has 0 aliphatic heterocycles. The average Bonchev–Trinajstić information content (AvgIpc) is 3.09. The van der Waals surface area contributed by atoms with Crippen molar-refractivity contribution in [1.82, 2.24) is 5.32 Å². The predicted octanol–water partition coefficient (Wildman–Crippen LogP) is 7.89. The SMILES string of the molecule is CCOc1ccccc1NC(=O)CSc1ccc(NC(=O)/C(=C/c2ccc(-c3ccccc3)cc2)NC(=O)c2ccccc2)cc1. The standard InChI is InChI=1S/C38H33N3O4S/c1-2-45-35-16-10-9-15-33(35)40-36(42)26-46-32-23-21-31(22-24-32)39-38(44)34(41-37(43)30-13-7-4-8-14-30)25-27-17-19-29(20-18-27)28-11-5-3-6-12-28/h3-25H,2,26H2,1H3,(H,39,44)(H,40,42)(H,41,43)/b34-25-. The number of carbonyl (C=O) groups excluding carboxylic acids is 3. The van der Waals surface area contributed by atoms with E-state index in [4.69, 9.17) is 4.74 Å². The topological polar surface area (TPSA) is 96.5 Å². The van der Waals surface area contributed by atoms with Crippen LogP contribution in [0.25, 0.3) is 17.2 Å². The Labute approximate surface area is 272 Å². The van der Waals surface area contributed by atoms with Gasteiger partial charge in [0.2, 0.25) is 5.91 Å². The molecule has 0 unspecified atom stereocenters. The van der Waals surface area contributed by atoms with E-state index >= 15 is 0 Å². The minimum atomic E-state index is -0.468. The molecule has 0 saturated carbocycles. The predicted molar refractivity (Wildman–Crippen MR) is 186 cm³/mol. The first kappa shape index (κ1) is 31.8. The molecule has 0 bridgehead atoms. The molecule has 230 valence electrons. The van der Waals surface area contributed by atoms with Crippen LogP contribution in [0.15, 0.2) is 144 Å². The van der Waals surface area contributed by atoms with E-state index in [0.29, 0.717) is 29.3 Å². The zero-order chi connectivity index (χ0) is 32.1. The molecule has 0 atom stereocenters. The average molecular weight is 628 g/mol. The van der Waals surface area contributed by atoms with E-state index < -0.39 is 11.8 Å². The van der Waals surface area contributed by atoms with Crippen LogP contribution in [0.5, 0.6) is 5.75 Å². The van der Waals surface area contributed by atoms with Crippen LogP contribution in [0.4, 0.5) is 11.4 Å². The first-order chi connectivity index (χ1) is 22.5. The minimum Gasteiger partial charge on any atom is -0.492 e. The number of hydrogen-bond acceptors (Lipinski definition) is 5. The Kier molecular flexibility index (Phi) is 11.0. The highest BCUT2D eigenvalue weighted by Crippen LogP contribution is 2.26. The fourth-order valence-electron chi connectivity index (χ4n) is 4.53. The molecular weight excluding hydrogens is 595 g/mol. The summed E-state index contributed by atoms with van der Waals surface area (Å²) < 4.78 is 5.58. The second-order valence-corrected chi connectivity index (χ2v) is 11.2. The number of hydrogen-bond donors (Lipinski definition) is 3. The van der Waals surface area contributed by atoms with Crippen LogP contribution in [0.2, 0.25) is 0 Å². The fourth-order valence-corrected chi connectivity index (χ4v) is 5.23. The zero-order valence-electron chi connectivity index (χ0n) is 25.2. The monoisotopic (exact) mass is 627 g/mol. The molecule has 5 aromatic carbocycles. The summed E-state index contributed by atoms with van der Waals surface area (Å²) >= 11 is 1.37. The summed E-state index contributed by atoms with van der Waals surface area (Å²) in [4.78, 5) is 39.9. The van der Waals surface area contributed by atoms with Crippen LogP contribution in [0.3, 0.4) is 0 Å². The van der Waals surface area contributed by atoms with Gasteiger partial charge in [-0.15, -0.1) is 11.8 Å². The van der Waals surface area contributed by atoms with E-state index in [-0.39, 0.29) is 17.4 Å². The first-order valence-corrected chi connectivity index (χ1v) is 15.8. The third-order valence-corrected chi connectivity index (χ3v) is 7.81. The van der Waals surface area contributed by atoms with Gasteiger partial charge in [-0.3, -0.25) is 14.4 Å². The summed E-state index contributed by atoms with van der Waals surface area (Å²) in [6.07, 6.45) is 1.65. The molecule has 3 amide bonds. The van der Waals surface area contributed by atoms with Crippen LogP contribution in [0, 0.1) is 0 Å². The molecule has 5 rings (SSSR count). The Morgan fingerprint density at radius 2 is 1.33 bits per heavy atom. The number of benzene rings is 5. The highest BCUT2D eigenvalue weighted by atomic mass is 32.2. The van der Waals surface area contributed by atoms with Crippen molar-refractivity contribution in [1.29, 1.82) is 0 Å². The van der Waals surface area contributed by atoms with E-state index in [1.54, 1.807) is 48.5 Å². The van der Waals surface area contributed by atoms with Gasteiger partial charge in [0.1, 0.15) is 11.4 Å². The van der Waals surface area contributed by atoms with E-state index in [0.717, 1.165) is 21.6 Å². The van der Waals surface area contributed by atoms with Gasteiger partial charge in [-0.25, -0.2) is 0 Å². The lowest BCUT2D eigenvalue weighted by molar-refractivity contribution is -0.114. The number of carbonyl (C=O) groups is 3. The quantitative estimate of drug-likeness (QED) is 0.0966. The van der Waals surface area contributed by atoms with Gasteiger partial charge in [0.15, 0.2) is 0 Å². The van der Waals surface area contributed by atoms with Gasteiger partial charge in [-0.05, 0) is 78.2 Å². The molecular formula is C38H33N3O4S. The highest BCUT2D eigenvalue weighted by Gasteiger charge is 2.16. The van der Waals surface area contributed by atoms with Gasteiger partial charge in [0, 0.05) is 16.1 Å². The smallest absolute Gasteiger partial charge is 0.272 e. The molecule has 0 aromatic heterocycles. The van der Waals surface area contributed by atoms with Crippen LogP contribution >= 0.6 is 11.8 Å². The fraction of sp³-hybridized carbons (Fsp3) is 0.0789. The third-order valence-electron chi connectivity index (χ3n) is 6.80. The third kappa shape index (κ3) is 8.97. The summed E-state index contributed by atoms with van der Waals surface area (Å²) in [6.45, 7) is 2.40. The largest absolute Gasteiger partial charge is 0.492 e. The molecule has 5 aromatic rings. The zero-order valence-corrected chi connectivity index (χ0v) is 26.1. The molecule has 0 saturated heterocycles. The van der Waals surface area contributed by atoms with Crippen molar-refractivity contribution in [2.75, 3.05) is 23.0 Å². The van der Waals surface area contributed by atoms with Crippen LogP contribution in [0.1, 0.15) is 22.8 Å². The molecule has 0 fully saturated rings. The Bertz CT molecular complexity index is 1810. The van der Waals surface area contributed by atoms with Gasteiger partial charge in [-0.1, -0.05) is 84.9 Å². The molecule has 0 spiro atoms. The van der Waals surface area contributed by atoms with Crippen molar-refractivity contribution in [3.63, 3.8) is 0 Å². The Morgan fingerprint density at radius 1 is 0.696 bits per heavy atom. The highest BCUT2D eigenvalue weighted by molar-refractivity contribution is 8.00. The van der Waals surface area contributed by atoms with E-state index in [9.17, 15) is 14.4 Å². The molecule has 0 heterocycles. The van der Waals surface area contributed by atoms with E-state index in [1.165, 1.54) is 11.8 Å². The number of rotatable bonds is 12. The molecule has 7 nitrogen and oxygen atoms in total. The Balaban J connectivity index is 1.25. The molecule has 0 aliphatic carbocycles. The lowest BCUT2D eigenvalue weighted by atomic mass is 10.0. The van der Waals surface area contributed by atoms with Gasteiger partial charge < -0.3 is 20.7 Å². The van der Waals surface area contributed by atoms with Gasteiger partial charge in [-0.2, -0.15) is 0 Å². The summed E-state index contributed by atoms with van der Waals surface area (Å²) in [6, 6.07) is 41.0. The van der Waals surface area contributed by atoms with Crippen LogP contribution in [-0.2, 0) is 9.59 Å². The maximum atomic E-state index is 13.5. The van der Waals surface area contributed by atoms with Crippen molar-refractivity contribution in [3.8, 4) is 16.9 Å². The molecule has 46 heavy (non-hydrogen) atoms. The lowest BCUT2D eigenvalue weighted by Gasteiger charge is -2.12. The van der Waals surface area contributed by atoms with Gasteiger partial charge in [0.25, 0.3) is 11.8 Å². The molecule has 8 heteroatoms. The van der Waals surface area contributed by atoms with Gasteiger partial charge >= 0.3 is 0 Å². The van der Waals surface area contributed by atoms with Crippen molar-refractivity contribution in [3.05, 3.63) is 150 Å². The van der Waals surface area contributed by atoms with E-state index in [2.05, 4.69) is 16.0 Å². The summed E-state index contributed by atoms with van der Waals surface area (Å²) in [7, 11) is 0. The maximum Gasteiger partial charge on any atom is 0.272 e. The molecule has 3 N–H and O–H groups in total. The molecule has 0 aliphatic rings. The van der Waals surface area contributed by atoms with Crippen LogP contribution in [-0.4, -0.2) is 30.1 Å². The van der Waals surface area contributed by atoms with Gasteiger partial charge in [0.05, 0.1) is 18.0 Å². The van der Waals surface area contributed by atoms with Crippen molar-refractivity contribution >= 4 is 46.9 Å². The van der Waals surface area contributed by atoms with Crippen molar-refractivity contribution < 1.29 is 19.1 Å². The van der Waals surface area contributed by atoms with Crippen molar-refractivity contribution in [2.24, 2.45) is 0 Å². The molecule has 0 radical (unpaired) electrons. The summed E-state index contributed by atoms with van der Waals surface area (Å²) in [5.41, 5.74) is 4.60. The van der Waals surface area contributed by atoms with Crippen LogP contribution < -0.4 is 20.7 Å². The lowest BCUT2D eigenvalue weighted by Crippen LogP contribution is -2.30. The summed E-state index contributed by atoms with van der Waals surface area (Å²) in [5.74, 6) is -0.189.